The predicted molar refractivity (Wildman–Crippen MR) is 185 cm³/mol. The van der Waals surface area contributed by atoms with Gasteiger partial charge in [-0.15, -0.1) is 0 Å². The average Bonchev–Trinajstić information content (AvgIpc) is 3.10. The average molecular weight is 613 g/mol. The molecule has 6 nitrogen and oxygen atoms in total. The van der Waals surface area contributed by atoms with Crippen LogP contribution in [0.2, 0.25) is 0 Å². The molecule has 5 aromatic carbocycles. The zero-order chi connectivity index (χ0) is 32.1. The number of para-hydroxylation sites is 1. The van der Waals surface area contributed by atoms with Crippen molar-refractivity contribution in [1.29, 1.82) is 0 Å². The molecular weight excluding hydrogens is 572 g/mol. The van der Waals surface area contributed by atoms with Gasteiger partial charge < -0.3 is 20.1 Å². The maximum atomic E-state index is 13.1. The van der Waals surface area contributed by atoms with E-state index in [1.807, 2.05) is 48.5 Å². The second kappa shape index (κ2) is 16.1. The molecule has 234 valence electrons. The fraction of sp³-hybridized carbons (Fsp3) is 0.200. The number of benzene rings is 5. The lowest BCUT2D eigenvalue weighted by molar-refractivity contribution is -0.137. The van der Waals surface area contributed by atoms with Gasteiger partial charge in [-0.05, 0) is 65.9 Å². The molecule has 5 rings (SSSR count). The molecule has 1 unspecified atom stereocenters. The van der Waals surface area contributed by atoms with Crippen LogP contribution >= 0.6 is 0 Å². The van der Waals surface area contributed by atoms with Crippen molar-refractivity contribution in [2.75, 3.05) is 23.4 Å². The normalized spacial score (nSPS) is 11.4. The fourth-order valence-corrected chi connectivity index (χ4v) is 5.42. The van der Waals surface area contributed by atoms with Gasteiger partial charge >= 0.3 is 5.97 Å². The van der Waals surface area contributed by atoms with Gasteiger partial charge in [-0.25, -0.2) is 4.79 Å². The molecule has 0 saturated carbocycles. The van der Waals surface area contributed by atoms with Crippen LogP contribution in [0.1, 0.15) is 46.0 Å². The summed E-state index contributed by atoms with van der Waals surface area (Å²) < 4.78 is 6.08. The van der Waals surface area contributed by atoms with E-state index in [9.17, 15) is 14.7 Å². The van der Waals surface area contributed by atoms with Crippen molar-refractivity contribution in [3.8, 4) is 5.75 Å². The number of carbonyl (C=O) groups is 2. The van der Waals surface area contributed by atoms with E-state index in [1.54, 1.807) is 36.4 Å². The Labute approximate surface area is 271 Å². The lowest BCUT2D eigenvalue weighted by Gasteiger charge is -2.26. The maximum Gasteiger partial charge on any atom is 0.326 e. The summed E-state index contributed by atoms with van der Waals surface area (Å²) in [6, 6.07) is 41.9. The third-order valence-corrected chi connectivity index (χ3v) is 7.94. The predicted octanol–water partition coefficient (Wildman–Crippen LogP) is 8.06. The van der Waals surface area contributed by atoms with Crippen LogP contribution in [0.3, 0.4) is 0 Å². The van der Waals surface area contributed by atoms with Crippen molar-refractivity contribution in [3.05, 3.63) is 161 Å². The molecule has 0 aromatic heterocycles. The lowest BCUT2D eigenvalue weighted by Crippen LogP contribution is -2.32. The molecule has 0 aliphatic carbocycles. The van der Waals surface area contributed by atoms with E-state index in [4.69, 9.17) is 4.74 Å². The highest BCUT2D eigenvalue weighted by atomic mass is 16.5. The number of anilines is 2. The summed E-state index contributed by atoms with van der Waals surface area (Å²) in [5, 5.41) is 13.1. The lowest BCUT2D eigenvalue weighted by atomic mass is 10.00. The van der Waals surface area contributed by atoms with Crippen molar-refractivity contribution in [2.24, 2.45) is 0 Å². The van der Waals surface area contributed by atoms with Gasteiger partial charge in [0.2, 0.25) is 0 Å². The van der Waals surface area contributed by atoms with E-state index in [-0.39, 0.29) is 12.2 Å². The van der Waals surface area contributed by atoms with Crippen LogP contribution in [-0.2, 0) is 24.2 Å². The summed E-state index contributed by atoms with van der Waals surface area (Å²) in [5.74, 6) is -0.413. The van der Waals surface area contributed by atoms with Gasteiger partial charge in [-0.2, -0.15) is 0 Å². The van der Waals surface area contributed by atoms with Crippen molar-refractivity contribution in [3.63, 3.8) is 0 Å². The van der Waals surface area contributed by atoms with Gasteiger partial charge in [0.1, 0.15) is 11.8 Å². The second-order valence-corrected chi connectivity index (χ2v) is 11.3. The first-order valence-corrected chi connectivity index (χ1v) is 15.8. The molecule has 0 heterocycles. The first-order chi connectivity index (χ1) is 22.5. The maximum absolute atomic E-state index is 13.1. The summed E-state index contributed by atoms with van der Waals surface area (Å²) in [7, 11) is 0. The third-order valence-electron chi connectivity index (χ3n) is 7.94. The van der Waals surface area contributed by atoms with Crippen LogP contribution in [0.25, 0.3) is 0 Å². The van der Waals surface area contributed by atoms with E-state index < -0.39 is 12.0 Å². The molecule has 0 radical (unpaired) electrons. The number of hydrogen-bond donors (Lipinski definition) is 2. The highest BCUT2D eigenvalue weighted by Crippen LogP contribution is 2.23. The van der Waals surface area contributed by atoms with E-state index in [2.05, 4.69) is 65.7 Å². The third kappa shape index (κ3) is 8.85. The standard InChI is InChI=1S/C40H40N2O4/c1-2-30-15-11-18-34(27-30)42(29-32-13-5-3-6-14-32)25-12-26-46-35-23-21-31(22-24-35)28-38(40(44)45)41-37-20-10-9-19-36(37)39(43)33-16-7-4-8-17-33/h3-11,13-24,27,38,41H,2,12,25-26,28-29H2,1H3,(H,44,45). The number of rotatable bonds is 16. The van der Waals surface area contributed by atoms with E-state index in [1.165, 1.54) is 16.8 Å². The Morgan fingerprint density at radius 1 is 0.761 bits per heavy atom. The minimum Gasteiger partial charge on any atom is -0.494 e. The quantitative estimate of drug-likeness (QED) is 0.0867. The van der Waals surface area contributed by atoms with Crippen LogP contribution in [0.4, 0.5) is 11.4 Å². The zero-order valence-electron chi connectivity index (χ0n) is 26.1. The van der Waals surface area contributed by atoms with Crippen molar-refractivity contribution in [2.45, 2.75) is 38.8 Å². The van der Waals surface area contributed by atoms with Gasteiger partial charge in [-0.3, -0.25) is 4.79 Å². The topological polar surface area (TPSA) is 78.9 Å². The van der Waals surface area contributed by atoms with Crippen molar-refractivity contribution < 1.29 is 19.4 Å². The monoisotopic (exact) mass is 612 g/mol. The highest BCUT2D eigenvalue weighted by Gasteiger charge is 2.21. The van der Waals surface area contributed by atoms with Gasteiger partial charge in [0.05, 0.1) is 6.61 Å². The molecule has 1 atom stereocenters. The summed E-state index contributed by atoms with van der Waals surface area (Å²) in [4.78, 5) is 27.8. The number of ether oxygens (including phenoxy) is 1. The molecule has 0 aliphatic heterocycles. The number of ketones is 1. The number of nitrogens with zero attached hydrogens (tertiary/aromatic N) is 1. The molecule has 6 heteroatoms. The van der Waals surface area contributed by atoms with Gasteiger partial charge in [0.15, 0.2) is 5.78 Å². The number of nitrogens with one attached hydrogen (secondary N) is 1. The molecule has 46 heavy (non-hydrogen) atoms. The molecule has 0 amide bonds. The Bertz CT molecular complexity index is 1710. The molecule has 0 spiro atoms. The number of carboxylic acid groups (broad SMARTS) is 1. The van der Waals surface area contributed by atoms with Crippen molar-refractivity contribution >= 4 is 23.1 Å². The van der Waals surface area contributed by atoms with Gasteiger partial charge in [0.25, 0.3) is 0 Å². The van der Waals surface area contributed by atoms with Crippen molar-refractivity contribution in [1.82, 2.24) is 0 Å². The van der Waals surface area contributed by atoms with E-state index >= 15 is 0 Å². The Balaban J connectivity index is 1.17. The molecular formula is C40H40N2O4. The van der Waals surface area contributed by atoms with Crippen LogP contribution in [-0.4, -0.2) is 36.1 Å². The Kier molecular flexibility index (Phi) is 11.2. The first kappa shape index (κ1) is 32.0. The number of aryl methyl sites for hydroxylation is 1. The van der Waals surface area contributed by atoms with Crippen LogP contribution in [0.5, 0.6) is 5.75 Å². The fourth-order valence-electron chi connectivity index (χ4n) is 5.42. The van der Waals surface area contributed by atoms with Gasteiger partial charge in [-0.1, -0.05) is 104 Å². The first-order valence-electron chi connectivity index (χ1n) is 15.8. The molecule has 0 fully saturated rings. The summed E-state index contributed by atoms with van der Waals surface area (Å²) in [6.45, 7) is 4.41. The van der Waals surface area contributed by atoms with E-state index in [0.717, 1.165) is 37.2 Å². The number of carbonyl (C=O) groups excluding carboxylic acids is 1. The van der Waals surface area contributed by atoms with Crippen LogP contribution in [0.15, 0.2) is 133 Å². The largest absolute Gasteiger partial charge is 0.494 e. The Hall–Kier alpha value is -5.36. The SMILES string of the molecule is CCc1cccc(N(CCCOc2ccc(CC(Nc3ccccc3C(=O)c3ccccc3)C(=O)O)cc2)Cc2ccccc2)c1. The summed E-state index contributed by atoms with van der Waals surface area (Å²) >= 11 is 0. The number of carboxylic acids is 1. The Morgan fingerprint density at radius 2 is 1.43 bits per heavy atom. The molecule has 0 saturated heterocycles. The summed E-state index contributed by atoms with van der Waals surface area (Å²) in [5.41, 5.74) is 6.12. The highest BCUT2D eigenvalue weighted by molar-refractivity contribution is 6.12. The number of aliphatic carboxylic acids is 1. The second-order valence-electron chi connectivity index (χ2n) is 11.3. The van der Waals surface area contributed by atoms with Crippen LogP contribution < -0.4 is 15.0 Å². The number of hydrogen-bond acceptors (Lipinski definition) is 5. The zero-order valence-corrected chi connectivity index (χ0v) is 26.1. The minimum absolute atomic E-state index is 0.160. The van der Waals surface area contributed by atoms with E-state index in [0.29, 0.717) is 23.4 Å². The molecule has 0 bridgehead atoms. The minimum atomic E-state index is -0.994. The van der Waals surface area contributed by atoms with Crippen LogP contribution in [0, 0.1) is 0 Å². The smallest absolute Gasteiger partial charge is 0.326 e. The summed E-state index contributed by atoms with van der Waals surface area (Å²) in [6.07, 6.45) is 2.09. The molecule has 0 aliphatic rings. The Morgan fingerprint density at radius 3 is 2.15 bits per heavy atom. The molecule has 2 N–H and O–H groups in total. The van der Waals surface area contributed by atoms with Gasteiger partial charge in [0, 0.05) is 42.0 Å². The molecule has 5 aromatic rings.